The van der Waals surface area contributed by atoms with Crippen molar-refractivity contribution in [2.75, 3.05) is 6.79 Å². The fourth-order valence-electron chi connectivity index (χ4n) is 0.851. The van der Waals surface area contributed by atoms with E-state index in [-0.39, 0.29) is 0 Å². The van der Waals surface area contributed by atoms with Crippen molar-refractivity contribution in [3.05, 3.63) is 0 Å². The highest BCUT2D eigenvalue weighted by molar-refractivity contribution is 5.62. The molecule has 0 aliphatic rings. The van der Waals surface area contributed by atoms with Crippen molar-refractivity contribution >= 4 is 12.3 Å². The van der Waals surface area contributed by atoms with E-state index in [1.54, 1.807) is 0 Å². The van der Waals surface area contributed by atoms with Gasteiger partial charge in [0.05, 0.1) is 11.2 Å². The third-order valence-corrected chi connectivity index (χ3v) is 3.98. The van der Waals surface area contributed by atoms with Crippen LogP contribution >= 0.6 is 0 Å². The van der Waals surface area contributed by atoms with Crippen LogP contribution in [0.2, 0.25) is 0 Å². The Kier molecular flexibility index (Phi) is 6.46. The van der Waals surface area contributed by atoms with E-state index in [2.05, 4.69) is 9.47 Å². The highest BCUT2D eigenvalue weighted by Gasteiger charge is 2.40. The quantitative estimate of drug-likeness (QED) is 0.561. The molecule has 8 heteroatoms. The molecule has 0 aromatic rings. The summed E-state index contributed by atoms with van der Waals surface area (Å²) in [7, 11) is 0. The molecular formula is C15H28O8. The van der Waals surface area contributed by atoms with Crippen molar-refractivity contribution in [3.63, 3.8) is 0 Å². The van der Waals surface area contributed by atoms with Crippen molar-refractivity contribution in [2.24, 2.45) is 0 Å². The van der Waals surface area contributed by atoms with Crippen LogP contribution in [0.1, 0.15) is 55.4 Å². The van der Waals surface area contributed by atoms with Crippen LogP contribution in [0.4, 0.5) is 9.59 Å². The van der Waals surface area contributed by atoms with E-state index in [1.807, 2.05) is 0 Å². The van der Waals surface area contributed by atoms with Crippen molar-refractivity contribution in [1.29, 1.82) is 0 Å². The Bertz CT molecular complexity index is 386. The Morgan fingerprint density at radius 3 is 1.17 bits per heavy atom. The molecule has 0 heterocycles. The summed E-state index contributed by atoms with van der Waals surface area (Å²) in [5.74, 6) is 0. The van der Waals surface area contributed by atoms with Gasteiger partial charge in [-0.25, -0.2) is 9.59 Å². The topological polar surface area (TPSA) is 112 Å². The van der Waals surface area contributed by atoms with Gasteiger partial charge in [-0.1, -0.05) is 0 Å². The second-order valence-corrected chi connectivity index (χ2v) is 7.25. The molecule has 2 N–H and O–H groups in total. The smallest absolute Gasteiger partial charge is 0.425 e. The molecule has 0 saturated heterocycles. The zero-order valence-electron chi connectivity index (χ0n) is 15.1. The molecule has 0 saturated carbocycles. The van der Waals surface area contributed by atoms with Gasteiger partial charge in [0.1, 0.15) is 11.2 Å². The van der Waals surface area contributed by atoms with E-state index in [0.29, 0.717) is 0 Å². The molecule has 0 aromatic heterocycles. The molecule has 0 bridgehead atoms. The molecule has 0 amide bonds. The molecule has 0 aromatic carbocycles. The van der Waals surface area contributed by atoms with Crippen molar-refractivity contribution in [2.45, 2.75) is 77.8 Å². The maximum atomic E-state index is 11.5. The molecule has 0 rings (SSSR count). The summed E-state index contributed by atoms with van der Waals surface area (Å²) in [4.78, 5) is 23.0. The molecule has 23 heavy (non-hydrogen) atoms. The van der Waals surface area contributed by atoms with Crippen LogP contribution in [0, 0.1) is 0 Å². The van der Waals surface area contributed by atoms with Gasteiger partial charge < -0.3 is 29.2 Å². The molecule has 0 spiro atoms. The highest BCUT2D eigenvalue weighted by Crippen LogP contribution is 2.26. The number of carbonyl (C=O) groups is 2. The predicted octanol–water partition coefficient (Wildman–Crippen LogP) is 2.35. The normalized spacial score (nSPS) is 13.3. The zero-order chi connectivity index (χ0) is 18.7. The van der Waals surface area contributed by atoms with Gasteiger partial charge in [0.15, 0.2) is 0 Å². The Morgan fingerprint density at radius 1 is 0.696 bits per heavy atom. The van der Waals surface area contributed by atoms with E-state index in [4.69, 9.17) is 9.47 Å². The fourth-order valence-corrected chi connectivity index (χ4v) is 0.851. The lowest BCUT2D eigenvalue weighted by Gasteiger charge is -2.36. The number of rotatable bonds is 6. The van der Waals surface area contributed by atoms with E-state index in [1.165, 1.54) is 55.4 Å². The predicted molar refractivity (Wildman–Crippen MR) is 80.8 cm³/mol. The van der Waals surface area contributed by atoms with Crippen molar-refractivity contribution < 1.29 is 38.7 Å². The van der Waals surface area contributed by atoms with Crippen LogP contribution in [0.15, 0.2) is 0 Å². The van der Waals surface area contributed by atoms with Gasteiger partial charge >= 0.3 is 12.3 Å². The first-order valence-corrected chi connectivity index (χ1v) is 7.16. The van der Waals surface area contributed by atoms with Gasteiger partial charge in [-0.15, -0.1) is 0 Å². The molecule has 8 nitrogen and oxygen atoms in total. The lowest BCUT2D eigenvalue weighted by Crippen LogP contribution is -2.49. The summed E-state index contributed by atoms with van der Waals surface area (Å²) >= 11 is 0. The highest BCUT2D eigenvalue weighted by atomic mass is 16.8. The van der Waals surface area contributed by atoms with Crippen LogP contribution in [0.5, 0.6) is 0 Å². The largest absolute Gasteiger partial charge is 0.511 e. The molecule has 0 fully saturated rings. The third kappa shape index (κ3) is 6.62. The molecular weight excluding hydrogens is 308 g/mol. The first kappa shape index (κ1) is 21.5. The minimum atomic E-state index is -1.29. The lowest BCUT2D eigenvalue weighted by molar-refractivity contribution is -0.149. The third-order valence-electron chi connectivity index (χ3n) is 3.98. The SMILES string of the molecule is CC(C)(O)C(C)(C)OC(=O)OCOC(=O)OC(C)(C)C(C)(C)O. The molecule has 136 valence electrons. The van der Waals surface area contributed by atoms with Gasteiger partial charge in [-0.05, 0) is 55.4 Å². The average molecular weight is 336 g/mol. The van der Waals surface area contributed by atoms with Crippen LogP contribution < -0.4 is 0 Å². The Labute approximate surface area is 136 Å². The van der Waals surface area contributed by atoms with Crippen LogP contribution in [-0.4, -0.2) is 51.7 Å². The molecule has 0 aliphatic carbocycles. The summed E-state index contributed by atoms with van der Waals surface area (Å²) in [6, 6.07) is 0. The first-order chi connectivity index (χ1) is 9.99. The number of carbonyl (C=O) groups excluding carboxylic acids is 2. The number of hydrogen-bond donors (Lipinski definition) is 2. The summed E-state index contributed by atoms with van der Waals surface area (Å²) in [6.07, 6.45) is -2.21. The van der Waals surface area contributed by atoms with Gasteiger partial charge in [-0.2, -0.15) is 0 Å². The van der Waals surface area contributed by atoms with E-state index < -0.39 is 41.5 Å². The molecule has 0 unspecified atom stereocenters. The zero-order valence-corrected chi connectivity index (χ0v) is 15.1. The molecule has 0 atom stereocenters. The molecule has 0 radical (unpaired) electrons. The summed E-state index contributed by atoms with van der Waals surface area (Å²) in [5, 5.41) is 19.7. The monoisotopic (exact) mass is 336 g/mol. The Balaban J connectivity index is 4.32. The Morgan fingerprint density at radius 2 is 0.957 bits per heavy atom. The first-order valence-electron chi connectivity index (χ1n) is 7.16. The summed E-state index contributed by atoms with van der Waals surface area (Å²) < 4.78 is 19.1. The fraction of sp³-hybridized carbons (Fsp3) is 0.867. The second kappa shape index (κ2) is 6.92. The van der Waals surface area contributed by atoms with E-state index in [9.17, 15) is 19.8 Å². The standard InChI is InChI=1S/C15H28O8/c1-12(2,18)14(5,6)22-10(16)20-9-21-11(17)23-15(7,8)13(3,4)19/h18-19H,9H2,1-8H3. The summed E-state index contributed by atoms with van der Waals surface area (Å²) in [6.45, 7) is 11.2. The Hall–Kier alpha value is -1.54. The maximum Gasteiger partial charge on any atom is 0.511 e. The number of aliphatic hydroxyl groups is 2. The van der Waals surface area contributed by atoms with Crippen molar-refractivity contribution in [3.8, 4) is 0 Å². The maximum absolute atomic E-state index is 11.5. The minimum Gasteiger partial charge on any atom is -0.425 e. The van der Waals surface area contributed by atoms with Crippen LogP contribution in [0.3, 0.4) is 0 Å². The van der Waals surface area contributed by atoms with Gasteiger partial charge in [0, 0.05) is 0 Å². The summed E-state index contributed by atoms with van der Waals surface area (Å²) in [5.41, 5.74) is -4.98. The average Bonchev–Trinajstić information content (AvgIpc) is 2.23. The van der Waals surface area contributed by atoms with Crippen LogP contribution in [0.25, 0.3) is 0 Å². The van der Waals surface area contributed by atoms with E-state index in [0.717, 1.165) is 0 Å². The second-order valence-electron chi connectivity index (χ2n) is 7.25. The van der Waals surface area contributed by atoms with Crippen LogP contribution in [-0.2, 0) is 18.9 Å². The minimum absolute atomic E-state index is 0.721. The van der Waals surface area contributed by atoms with E-state index >= 15 is 0 Å². The van der Waals surface area contributed by atoms with Gasteiger partial charge in [0.2, 0.25) is 6.79 Å². The van der Waals surface area contributed by atoms with Gasteiger partial charge in [0.25, 0.3) is 0 Å². The number of ether oxygens (including phenoxy) is 4. The lowest BCUT2D eigenvalue weighted by atomic mass is 9.90. The van der Waals surface area contributed by atoms with Gasteiger partial charge in [-0.3, -0.25) is 0 Å². The van der Waals surface area contributed by atoms with Crippen molar-refractivity contribution in [1.82, 2.24) is 0 Å². The number of hydrogen-bond acceptors (Lipinski definition) is 8. The molecule has 0 aliphatic heterocycles.